The van der Waals surface area contributed by atoms with Crippen LogP contribution in [0.5, 0.6) is 0 Å². The molecule has 122 valence electrons. The van der Waals surface area contributed by atoms with Crippen LogP contribution in [0.2, 0.25) is 0 Å². The first-order valence-electron chi connectivity index (χ1n) is 8.53. The molecule has 0 aliphatic heterocycles. The molecule has 0 fully saturated rings. The maximum absolute atomic E-state index is 11.1. The molecule has 0 aromatic heterocycles. The Labute approximate surface area is 130 Å². The zero-order valence-electron chi connectivity index (χ0n) is 13.9. The second-order valence-corrected chi connectivity index (χ2v) is 5.59. The van der Waals surface area contributed by atoms with Crippen LogP contribution in [-0.4, -0.2) is 11.9 Å². The van der Waals surface area contributed by atoms with Crippen molar-refractivity contribution in [3.05, 3.63) is 12.2 Å². The monoisotopic (exact) mass is 296 g/mol. The van der Waals surface area contributed by atoms with E-state index in [0.29, 0.717) is 6.42 Å². The Kier molecular flexibility index (Phi) is 14.5. The molecule has 0 amide bonds. The fraction of sp³-hybridized carbons (Fsp3) is 0.778. The Morgan fingerprint density at radius 1 is 0.810 bits per heavy atom. The highest BCUT2D eigenvalue weighted by Gasteiger charge is 2.04. The number of esters is 2. The largest absolute Gasteiger partial charge is 0.393 e. The third-order valence-electron chi connectivity index (χ3n) is 3.40. The number of ether oxygens (including phenoxy) is 1. The van der Waals surface area contributed by atoms with Crippen molar-refractivity contribution < 1.29 is 14.3 Å². The molecule has 0 saturated carbocycles. The maximum atomic E-state index is 11.1. The lowest BCUT2D eigenvalue weighted by molar-refractivity contribution is -0.158. The van der Waals surface area contributed by atoms with Crippen molar-refractivity contribution in [1.29, 1.82) is 0 Å². The van der Waals surface area contributed by atoms with E-state index >= 15 is 0 Å². The van der Waals surface area contributed by atoms with Crippen molar-refractivity contribution >= 4 is 11.9 Å². The van der Waals surface area contributed by atoms with Crippen LogP contribution in [0.4, 0.5) is 0 Å². The number of carbonyl (C=O) groups excluding carboxylic acids is 2. The molecular formula is C18H32O3. The summed E-state index contributed by atoms with van der Waals surface area (Å²) in [5.74, 6) is -0.907. The van der Waals surface area contributed by atoms with Gasteiger partial charge < -0.3 is 4.74 Å². The molecule has 0 spiro atoms. The minimum Gasteiger partial charge on any atom is -0.393 e. The molecule has 0 bridgehead atoms. The molecule has 0 rings (SSSR count). The Morgan fingerprint density at radius 3 is 1.90 bits per heavy atom. The van der Waals surface area contributed by atoms with Crippen LogP contribution in [0.15, 0.2) is 12.2 Å². The van der Waals surface area contributed by atoms with E-state index in [0.717, 1.165) is 19.3 Å². The van der Waals surface area contributed by atoms with E-state index in [1.165, 1.54) is 58.3 Å². The van der Waals surface area contributed by atoms with Crippen molar-refractivity contribution in [2.24, 2.45) is 0 Å². The molecule has 3 nitrogen and oxygen atoms in total. The number of rotatable bonds is 13. The van der Waals surface area contributed by atoms with Gasteiger partial charge >= 0.3 is 11.9 Å². The maximum Gasteiger partial charge on any atom is 0.313 e. The van der Waals surface area contributed by atoms with Crippen molar-refractivity contribution in [2.45, 2.75) is 90.9 Å². The first-order chi connectivity index (χ1) is 10.2. The van der Waals surface area contributed by atoms with Gasteiger partial charge in [0, 0.05) is 13.3 Å². The minimum absolute atomic E-state index is 0.358. The lowest BCUT2D eigenvalue weighted by atomic mass is 10.1. The molecule has 0 heterocycles. The summed E-state index contributed by atoms with van der Waals surface area (Å²) in [7, 11) is 0. The molecule has 0 aromatic rings. The van der Waals surface area contributed by atoms with Crippen molar-refractivity contribution in [2.75, 3.05) is 0 Å². The van der Waals surface area contributed by atoms with E-state index in [2.05, 4.69) is 23.8 Å². The molecule has 0 saturated heterocycles. The Balaban J connectivity index is 3.20. The standard InChI is InChI=1S/C18H32O3/c1-3-4-5-6-7-8-9-10-11-12-13-14-15-16-18(20)21-17(2)19/h8-9H,3-7,10-16H2,1-2H3/b9-8-. The highest BCUT2D eigenvalue weighted by atomic mass is 16.6. The lowest BCUT2D eigenvalue weighted by Crippen LogP contribution is -2.08. The predicted octanol–water partition coefficient (Wildman–Crippen LogP) is 5.33. The predicted molar refractivity (Wildman–Crippen MR) is 87.0 cm³/mol. The summed E-state index contributed by atoms with van der Waals surface area (Å²) in [6, 6.07) is 0. The van der Waals surface area contributed by atoms with Crippen molar-refractivity contribution in [1.82, 2.24) is 0 Å². The molecule has 0 aliphatic carbocycles. The normalized spacial score (nSPS) is 11.0. The average molecular weight is 296 g/mol. The number of hydrogen-bond donors (Lipinski definition) is 0. The zero-order chi connectivity index (χ0) is 15.8. The summed E-state index contributed by atoms with van der Waals surface area (Å²) < 4.78 is 4.47. The summed E-state index contributed by atoms with van der Waals surface area (Å²) in [6.45, 7) is 3.50. The van der Waals surface area contributed by atoms with Gasteiger partial charge in [-0.05, 0) is 32.1 Å². The van der Waals surface area contributed by atoms with E-state index in [9.17, 15) is 9.59 Å². The van der Waals surface area contributed by atoms with Gasteiger partial charge in [0.15, 0.2) is 0 Å². The van der Waals surface area contributed by atoms with E-state index in [4.69, 9.17) is 0 Å². The van der Waals surface area contributed by atoms with Gasteiger partial charge in [0.05, 0.1) is 0 Å². The molecule has 21 heavy (non-hydrogen) atoms. The van der Waals surface area contributed by atoms with Gasteiger partial charge in [0.1, 0.15) is 0 Å². The summed E-state index contributed by atoms with van der Waals surface area (Å²) in [6.07, 6.45) is 18.1. The number of allylic oxidation sites excluding steroid dienone is 2. The molecule has 0 radical (unpaired) electrons. The topological polar surface area (TPSA) is 43.4 Å². The van der Waals surface area contributed by atoms with Crippen molar-refractivity contribution in [3.8, 4) is 0 Å². The SMILES string of the molecule is CCCCCC/C=C\CCCCCCCC(=O)OC(C)=O. The first-order valence-corrected chi connectivity index (χ1v) is 8.53. The molecule has 0 atom stereocenters. The highest BCUT2D eigenvalue weighted by molar-refractivity contribution is 5.83. The highest BCUT2D eigenvalue weighted by Crippen LogP contribution is 2.09. The fourth-order valence-electron chi connectivity index (χ4n) is 2.20. The van der Waals surface area contributed by atoms with Crippen LogP contribution in [0.1, 0.15) is 90.9 Å². The van der Waals surface area contributed by atoms with Crippen LogP contribution >= 0.6 is 0 Å². The van der Waals surface area contributed by atoms with Gasteiger partial charge in [-0.1, -0.05) is 57.6 Å². The quantitative estimate of drug-likeness (QED) is 0.199. The Hall–Kier alpha value is -1.12. The van der Waals surface area contributed by atoms with Gasteiger partial charge in [0.25, 0.3) is 0 Å². The average Bonchev–Trinajstić information content (AvgIpc) is 2.43. The molecule has 0 unspecified atom stereocenters. The van der Waals surface area contributed by atoms with Crippen molar-refractivity contribution in [3.63, 3.8) is 0 Å². The van der Waals surface area contributed by atoms with Gasteiger partial charge in [-0.15, -0.1) is 0 Å². The molecule has 0 aliphatic rings. The van der Waals surface area contributed by atoms with Crippen LogP contribution in [0.3, 0.4) is 0 Å². The second-order valence-electron chi connectivity index (χ2n) is 5.59. The van der Waals surface area contributed by atoms with E-state index in [1.54, 1.807) is 0 Å². The summed E-state index contributed by atoms with van der Waals surface area (Å²) in [5.41, 5.74) is 0. The summed E-state index contributed by atoms with van der Waals surface area (Å²) >= 11 is 0. The first kappa shape index (κ1) is 19.9. The van der Waals surface area contributed by atoms with Crippen LogP contribution in [0.25, 0.3) is 0 Å². The van der Waals surface area contributed by atoms with Gasteiger partial charge in [0.2, 0.25) is 0 Å². The summed E-state index contributed by atoms with van der Waals surface area (Å²) in [5, 5.41) is 0. The minimum atomic E-state index is -0.513. The Bertz CT molecular complexity index is 295. The van der Waals surface area contributed by atoms with Gasteiger partial charge in [-0.3, -0.25) is 9.59 Å². The van der Waals surface area contributed by atoms with E-state index in [-0.39, 0.29) is 0 Å². The van der Waals surface area contributed by atoms with Crippen LogP contribution in [-0.2, 0) is 14.3 Å². The van der Waals surface area contributed by atoms with Gasteiger partial charge in [-0.25, -0.2) is 0 Å². The molecule has 0 N–H and O–H groups in total. The second kappa shape index (κ2) is 15.3. The smallest absolute Gasteiger partial charge is 0.313 e. The lowest BCUT2D eigenvalue weighted by Gasteiger charge is -2.01. The third kappa shape index (κ3) is 16.8. The van der Waals surface area contributed by atoms with E-state index in [1.807, 2.05) is 0 Å². The van der Waals surface area contributed by atoms with Crippen LogP contribution in [0, 0.1) is 0 Å². The number of hydrogen-bond acceptors (Lipinski definition) is 3. The zero-order valence-corrected chi connectivity index (χ0v) is 13.9. The molecule has 0 aromatic carbocycles. The molecule has 3 heteroatoms. The summed E-state index contributed by atoms with van der Waals surface area (Å²) in [4.78, 5) is 21.6. The third-order valence-corrected chi connectivity index (χ3v) is 3.40. The Morgan fingerprint density at radius 2 is 1.33 bits per heavy atom. The fourth-order valence-corrected chi connectivity index (χ4v) is 2.20. The van der Waals surface area contributed by atoms with Crippen LogP contribution < -0.4 is 0 Å². The molecular weight excluding hydrogens is 264 g/mol. The van der Waals surface area contributed by atoms with Gasteiger partial charge in [-0.2, -0.15) is 0 Å². The number of carbonyl (C=O) groups is 2. The van der Waals surface area contributed by atoms with E-state index < -0.39 is 11.9 Å². The number of unbranched alkanes of at least 4 members (excludes halogenated alkanes) is 9.